The molecule has 0 amide bonds. The van der Waals surface area contributed by atoms with Crippen LogP contribution in [0.2, 0.25) is 0 Å². The first-order valence-corrected chi connectivity index (χ1v) is 7.66. The summed E-state index contributed by atoms with van der Waals surface area (Å²) >= 11 is 0. The van der Waals surface area contributed by atoms with Crippen LogP contribution in [-0.4, -0.2) is 43.2 Å². The Morgan fingerprint density at radius 3 is 2.71 bits per heavy atom. The van der Waals surface area contributed by atoms with Crippen molar-refractivity contribution in [2.45, 2.75) is 52.2 Å². The standard InChI is InChI=1S/C16H26N2O3/c1-11(2)18-7-5-13(6-8-18)17-10-14-9-15(12(3)21-14)16(19)20-4/h9,11,13,17H,5-8,10H2,1-4H3. The molecule has 1 N–H and O–H groups in total. The molecule has 0 aliphatic carbocycles. The summed E-state index contributed by atoms with van der Waals surface area (Å²) in [6, 6.07) is 2.92. The molecule has 21 heavy (non-hydrogen) atoms. The number of aryl methyl sites for hydroxylation is 1. The van der Waals surface area contributed by atoms with Gasteiger partial charge in [-0.25, -0.2) is 4.79 Å². The van der Waals surface area contributed by atoms with Crippen LogP contribution >= 0.6 is 0 Å². The highest BCUT2D eigenvalue weighted by Gasteiger charge is 2.21. The Balaban J connectivity index is 1.83. The van der Waals surface area contributed by atoms with Gasteiger partial charge in [0.1, 0.15) is 17.1 Å². The molecule has 2 heterocycles. The minimum atomic E-state index is -0.340. The molecule has 5 heteroatoms. The Bertz CT molecular complexity index is 474. The quantitative estimate of drug-likeness (QED) is 0.845. The van der Waals surface area contributed by atoms with E-state index in [0.29, 0.717) is 30.0 Å². The molecule has 5 nitrogen and oxygen atoms in total. The first kappa shape index (κ1) is 16.0. The van der Waals surface area contributed by atoms with Crippen LogP contribution in [0.1, 0.15) is 48.6 Å². The Labute approximate surface area is 126 Å². The lowest BCUT2D eigenvalue weighted by atomic mass is 10.0. The van der Waals surface area contributed by atoms with E-state index in [0.717, 1.165) is 31.7 Å². The van der Waals surface area contributed by atoms with Crippen molar-refractivity contribution in [1.82, 2.24) is 10.2 Å². The number of ether oxygens (including phenoxy) is 1. The summed E-state index contributed by atoms with van der Waals surface area (Å²) in [7, 11) is 1.38. The zero-order chi connectivity index (χ0) is 15.4. The van der Waals surface area contributed by atoms with Gasteiger partial charge in [-0.2, -0.15) is 0 Å². The van der Waals surface area contributed by atoms with E-state index in [4.69, 9.17) is 9.15 Å². The highest BCUT2D eigenvalue weighted by Crippen LogP contribution is 2.17. The van der Waals surface area contributed by atoms with Gasteiger partial charge in [-0.3, -0.25) is 0 Å². The average molecular weight is 294 g/mol. The molecule has 2 rings (SSSR count). The number of hydrogen-bond donors (Lipinski definition) is 1. The number of nitrogens with one attached hydrogen (secondary N) is 1. The van der Waals surface area contributed by atoms with Gasteiger partial charge in [-0.1, -0.05) is 0 Å². The predicted octanol–water partition coefficient (Wildman–Crippen LogP) is 2.34. The smallest absolute Gasteiger partial charge is 0.341 e. The minimum Gasteiger partial charge on any atom is -0.465 e. The van der Waals surface area contributed by atoms with Crippen molar-refractivity contribution in [2.75, 3.05) is 20.2 Å². The molecule has 0 unspecified atom stereocenters. The summed E-state index contributed by atoms with van der Waals surface area (Å²) in [5.41, 5.74) is 0.518. The third-order valence-corrected chi connectivity index (χ3v) is 4.20. The van der Waals surface area contributed by atoms with E-state index < -0.39 is 0 Å². The van der Waals surface area contributed by atoms with Crippen LogP contribution < -0.4 is 5.32 Å². The summed E-state index contributed by atoms with van der Waals surface area (Å²) in [5.74, 6) is 1.07. The molecule has 1 aliphatic heterocycles. The molecular weight excluding hydrogens is 268 g/mol. The van der Waals surface area contributed by atoms with Crippen molar-refractivity contribution in [3.63, 3.8) is 0 Å². The normalized spacial score (nSPS) is 17.4. The highest BCUT2D eigenvalue weighted by molar-refractivity contribution is 5.90. The van der Waals surface area contributed by atoms with Crippen LogP contribution in [0.4, 0.5) is 0 Å². The molecule has 0 spiro atoms. The Morgan fingerprint density at radius 2 is 2.14 bits per heavy atom. The topological polar surface area (TPSA) is 54.7 Å². The number of carbonyl (C=O) groups is 1. The third kappa shape index (κ3) is 4.08. The van der Waals surface area contributed by atoms with Gasteiger partial charge < -0.3 is 19.4 Å². The van der Waals surface area contributed by atoms with Crippen molar-refractivity contribution in [1.29, 1.82) is 0 Å². The molecule has 0 radical (unpaired) electrons. The predicted molar refractivity (Wildman–Crippen MR) is 81.4 cm³/mol. The number of piperidine rings is 1. The van der Waals surface area contributed by atoms with Gasteiger partial charge in [-0.15, -0.1) is 0 Å². The maximum Gasteiger partial charge on any atom is 0.341 e. The minimum absolute atomic E-state index is 0.340. The number of nitrogens with zero attached hydrogens (tertiary/aromatic N) is 1. The summed E-state index contributed by atoms with van der Waals surface area (Å²) < 4.78 is 10.3. The zero-order valence-corrected chi connectivity index (χ0v) is 13.4. The maximum atomic E-state index is 11.5. The lowest BCUT2D eigenvalue weighted by Crippen LogP contribution is -2.44. The summed E-state index contributed by atoms with van der Waals surface area (Å²) in [6.45, 7) is 9.21. The fraction of sp³-hybridized carbons (Fsp3) is 0.688. The van der Waals surface area contributed by atoms with Gasteiger partial charge in [0.15, 0.2) is 0 Å². The van der Waals surface area contributed by atoms with Crippen molar-refractivity contribution in [3.8, 4) is 0 Å². The van der Waals surface area contributed by atoms with Gasteiger partial charge in [0.25, 0.3) is 0 Å². The monoisotopic (exact) mass is 294 g/mol. The summed E-state index contributed by atoms with van der Waals surface area (Å²) in [4.78, 5) is 14.0. The van der Waals surface area contributed by atoms with E-state index in [1.807, 2.05) is 0 Å². The van der Waals surface area contributed by atoms with Gasteiger partial charge >= 0.3 is 5.97 Å². The number of rotatable bonds is 5. The van der Waals surface area contributed by atoms with Crippen LogP contribution in [0.5, 0.6) is 0 Å². The first-order valence-electron chi connectivity index (χ1n) is 7.66. The second-order valence-electron chi connectivity index (χ2n) is 5.96. The molecule has 0 bridgehead atoms. The van der Waals surface area contributed by atoms with E-state index in [1.54, 1.807) is 13.0 Å². The average Bonchev–Trinajstić information content (AvgIpc) is 2.86. The molecule has 1 aliphatic rings. The van der Waals surface area contributed by atoms with Gasteiger partial charge in [0, 0.05) is 12.1 Å². The number of likely N-dealkylation sites (tertiary alicyclic amines) is 1. The fourth-order valence-corrected chi connectivity index (χ4v) is 2.81. The van der Waals surface area contributed by atoms with Crippen LogP contribution in [0, 0.1) is 6.92 Å². The number of hydrogen-bond acceptors (Lipinski definition) is 5. The number of esters is 1. The molecule has 0 saturated carbocycles. The largest absolute Gasteiger partial charge is 0.465 e. The molecule has 1 saturated heterocycles. The van der Waals surface area contributed by atoms with E-state index in [-0.39, 0.29) is 5.97 Å². The Hall–Kier alpha value is -1.33. The van der Waals surface area contributed by atoms with E-state index in [9.17, 15) is 4.79 Å². The SMILES string of the molecule is COC(=O)c1cc(CNC2CCN(C(C)C)CC2)oc1C. The summed E-state index contributed by atoms with van der Waals surface area (Å²) in [5, 5.41) is 3.52. The number of carbonyl (C=O) groups excluding carboxylic acids is 1. The lowest BCUT2D eigenvalue weighted by molar-refractivity contribution is 0.0599. The van der Waals surface area contributed by atoms with Crippen LogP contribution in [0.15, 0.2) is 10.5 Å². The Kier molecular flexibility index (Phi) is 5.42. The third-order valence-electron chi connectivity index (χ3n) is 4.20. The molecule has 1 aromatic heterocycles. The molecule has 118 valence electrons. The Morgan fingerprint density at radius 1 is 1.48 bits per heavy atom. The van der Waals surface area contributed by atoms with Crippen molar-refractivity contribution in [2.24, 2.45) is 0 Å². The first-order chi connectivity index (χ1) is 10.0. The zero-order valence-electron chi connectivity index (χ0n) is 13.4. The molecule has 1 fully saturated rings. The van der Waals surface area contributed by atoms with Gasteiger partial charge in [-0.05, 0) is 52.8 Å². The molecule has 0 aromatic carbocycles. The van der Waals surface area contributed by atoms with Gasteiger partial charge in [0.05, 0.1) is 13.7 Å². The lowest BCUT2D eigenvalue weighted by Gasteiger charge is -2.34. The number of methoxy groups -OCH3 is 1. The highest BCUT2D eigenvalue weighted by atomic mass is 16.5. The second-order valence-corrected chi connectivity index (χ2v) is 5.96. The molecular formula is C16H26N2O3. The van der Waals surface area contributed by atoms with E-state index in [2.05, 4.69) is 24.1 Å². The summed E-state index contributed by atoms with van der Waals surface area (Å²) in [6.07, 6.45) is 2.31. The van der Waals surface area contributed by atoms with Crippen LogP contribution in [0.25, 0.3) is 0 Å². The van der Waals surface area contributed by atoms with Crippen molar-refractivity contribution < 1.29 is 13.9 Å². The van der Waals surface area contributed by atoms with E-state index in [1.165, 1.54) is 7.11 Å². The van der Waals surface area contributed by atoms with Crippen LogP contribution in [0.3, 0.4) is 0 Å². The fourth-order valence-electron chi connectivity index (χ4n) is 2.81. The second kappa shape index (κ2) is 7.09. The van der Waals surface area contributed by atoms with Gasteiger partial charge in [0.2, 0.25) is 0 Å². The van der Waals surface area contributed by atoms with Crippen molar-refractivity contribution in [3.05, 3.63) is 23.2 Å². The van der Waals surface area contributed by atoms with E-state index >= 15 is 0 Å². The number of furan rings is 1. The molecule has 1 aromatic rings. The molecule has 0 atom stereocenters. The van der Waals surface area contributed by atoms with Crippen LogP contribution in [-0.2, 0) is 11.3 Å². The maximum absolute atomic E-state index is 11.5. The van der Waals surface area contributed by atoms with Crippen molar-refractivity contribution >= 4 is 5.97 Å².